The summed E-state index contributed by atoms with van der Waals surface area (Å²) in [5, 5.41) is 0. The van der Waals surface area contributed by atoms with Gasteiger partial charge in [0.25, 0.3) is 0 Å². The van der Waals surface area contributed by atoms with Gasteiger partial charge in [-0.25, -0.2) is 0 Å². The van der Waals surface area contributed by atoms with Crippen molar-refractivity contribution < 1.29 is 37.9 Å². The number of hydrogen-bond donors (Lipinski definition) is 0. The molecule has 3 nitrogen and oxygen atoms in total. The molecule has 0 radical (unpaired) electrons. The zero-order chi connectivity index (χ0) is 10.3. The Morgan fingerprint density at radius 2 is 1.64 bits per heavy atom. The van der Waals surface area contributed by atoms with Crippen molar-refractivity contribution in [1.29, 1.82) is 0 Å². The molecular weight excluding hydrogens is 309 g/mol. The van der Waals surface area contributed by atoms with E-state index in [1.165, 1.54) is 19.0 Å². The summed E-state index contributed by atoms with van der Waals surface area (Å²) in [7, 11) is 9.93. The fraction of sp³-hybridized carbons (Fsp3) is 1.00. The van der Waals surface area contributed by atoms with Crippen LogP contribution in [0.25, 0.3) is 0 Å². The fourth-order valence-electron chi connectivity index (χ4n) is 1.23. The number of quaternary nitrogens is 1. The molecule has 88 valence electrons. The summed E-state index contributed by atoms with van der Waals surface area (Å²) in [6.07, 6.45) is 1.29. The Balaban J connectivity index is 0. The summed E-state index contributed by atoms with van der Waals surface area (Å²) < 4.78 is 11.4. The molecule has 14 heavy (non-hydrogen) atoms. The molecule has 5 heteroatoms. The Morgan fingerprint density at radius 1 is 1.14 bits per heavy atom. The molecule has 0 saturated heterocycles. The molecule has 0 amide bonds. The third-order valence-corrected chi connectivity index (χ3v) is 4.09. The minimum atomic E-state index is -0.198. The molecule has 0 aromatic carbocycles. The van der Waals surface area contributed by atoms with Crippen LogP contribution >= 0.6 is 0 Å². The Labute approximate surface area is 108 Å². The highest BCUT2D eigenvalue weighted by molar-refractivity contribution is 6.36. The molecule has 0 rings (SSSR count). The fourth-order valence-corrected chi connectivity index (χ4v) is 2.55. The summed E-state index contributed by atoms with van der Waals surface area (Å²) >= 11 is 0. The minimum Gasteiger partial charge on any atom is -1.00 e. The van der Waals surface area contributed by atoms with Crippen molar-refractivity contribution in [2.24, 2.45) is 0 Å². The van der Waals surface area contributed by atoms with Gasteiger partial charge in [0.15, 0.2) is 0 Å². The molecule has 0 heterocycles. The van der Waals surface area contributed by atoms with Crippen LogP contribution in [0.4, 0.5) is 0 Å². The summed E-state index contributed by atoms with van der Waals surface area (Å²) in [4.78, 5) is 0. The maximum atomic E-state index is 5.17. The highest BCUT2D eigenvalue weighted by Gasteiger charge is 2.09. The number of rotatable bonds is 7. The number of nitrogens with zero attached hydrogens (tertiary/aromatic N) is 1. The van der Waals surface area contributed by atoms with E-state index < -0.39 is 0 Å². The molecule has 0 aliphatic carbocycles. The lowest BCUT2D eigenvalue weighted by atomic mass is 10.4. The van der Waals surface area contributed by atoms with Crippen LogP contribution in [0.3, 0.4) is 0 Å². The lowest BCUT2D eigenvalue weighted by molar-refractivity contribution is -0.870. The van der Waals surface area contributed by atoms with Crippen LogP contribution in [-0.4, -0.2) is 61.8 Å². The van der Waals surface area contributed by atoms with Crippen LogP contribution in [0, 0.1) is 0 Å². The van der Waals surface area contributed by atoms with Gasteiger partial charge in [0, 0.05) is 14.2 Å². The van der Waals surface area contributed by atoms with E-state index in [1.54, 1.807) is 14.2 Å². The second-order valence-electron chi connectivity index (χ2n) is 4.41. The highest BCUT2D eigenvalue weighted by Crippen LogP contribution is 2.00. The van der Waals surface area contributed by atoms with Gasteiger partial charge in [-0.15, -0.1) is 0 Å². The van der Waals surface area contributed by atoms with E-state index in [2.05, 4.69) is 21.1 Å². The van der Waals surface area contributed by atoms with Gasteiger partial charge in [0.2, 0.25) is 0 Å². The van der Waals surface area contributed by atoms with E-state index in [1.807, 2.05) is 0 Å². The summed E-state index contributed by atoms with van der Waals surface area (Å²) in [6.45, 7) is 1.24. The van der Waals surface area contributed by atoms with E-state index in [-0.39, 0.29) is 39.4 Å². The second-order valence-corrected chi connectivity index (χ2v) is 6.36. The van der Waals surface area contributed by atoms with Crippen molar-refractivity contribution in [1.82, 2.24) is 0 Å². The monoisotopic (exact) mass is 333 g/mol. The second kappa shape index (κ2) is 9.08. The van der Waals surface area contributed by atoms with Crippen LogP contribution in [0.2, 0.25) is 6.04 Å². The van der Waals surface area contributed by atoms with Gasteiger partial charge in [-0.2, -0.15) is 0 Å². The molecule has 0 saturated carbocycles. The highest BCUT2D eigenvalue weighted by atomic mass is 127. The topological polar surface area (TPSA) is 18.5 Å². The molecule has 0 aliphatic rings. The van der Waals surface area contributed by atoms with Crippen molar-refractivity contribution in [3.05, 3.63) is 0 Å². The standard InChI is InChI=1S/C9H24NO2Si.HI/c1-10(2,3)7-6-8-13-9(11-4)12-5;/h9H,6-8,13H2,1-5H3;1H/q+1;/p-1. The molecular formula is C9H24INO2Si. The molecule has 0 fully saturated rings. The Bertz CT molecular complexity index is 126. The Kier molecular flexibility index (Phi) is 11.2. The average Bonchev–Trinajstić information content (AvgIpc) is 2.03. The molecule has 0 N–H and O–H groups in total. The Morgan fingerprint density at radius 3 is 2.00 bits per heavy atom. The number of hydrogen-bond acceptors (Lipinski definition) is 2. The first-order valence-electron chi connectivity index (χ1n) is 4.85. The maximum absolute atomic E-state index is 5.17. The van der Waals surface area contributed by atoms with E-state index in [4.69, 9.17) is 9.47 Å². The molecule has 0 aromatic rings. The zero-order valence-corrected chi connectivity index (χ0v) is 13.6. The third kappa shape index (κ3) is 10.9. The normalized spacial score (nSPS) is 12.4. The summed E-state index contributed by atoms with van der Waals surface area (Å²) in [6, 6.07) is 1.31. The number of methoxy groups -OCH3 is 2. The number of ether oxygens (including phenoxy) is 2. The first-order valence-corrected chi connectivity index (χ1v) is 6.67. The van der Waals surface area contributed by atoms with E-state index >= 15 is 0 Å². The van der Waals surface area contributed by atoms with Gasteiger partial charge in [-0.05, 0) is 6.42 Å². The van der Waals surface area contributed by atoms with Gasteiger partial charge in [-0.3, -0.25) is 0 Å². The van der Waals surface area contributed by atoms with Crippen molar-refractivity contribution in [3.63, 3.8) is 0 Å². The zero-order valence-electron chi connectivity index (χ0n) is 10.0. The van der Waals surface area contributed by atoms with E-state index in [0.29, 0.717) is 0 Å². The van der Waals surface area contributed by atoms with Crippen molar-refractivity contribution in [2.45, 2.75) is 18.4 Å². The Hall–Kier alpha value is 0.827. The van der Waals surface area contributed by atoms with Crippen LogP contribution in [-0.2, 0) is 9.47 Å². The van der Waals surface area contributed by atoms with Crippen LogP contribution in [0.15, 0.2) is 0 Å². The van der Waals surface area contributed by atoms with Crippen LogP contribution in [0.1, 0.15) is 6.42 Å². The van der Waals surface area contributed by atoms with Gasteiger partial charge >= 0.3 is 0 Å². The van der Waals surface area contributed by atoms with Crippen molar-refractivity contribution in [3.8, 4) is 0 Å². The molecule has 0 unspecified atom stereocenters. The lowest BCUT2D eigenvalue weighted by Gasteiger charge is -2.23. The van der Waals surface area contributed by atoms with E-state index in [0.717, 1.165) is 4.48 Å². The lowest BCUT2D eigenvalue weighted by Crippen LogP contribution is -3.00. The first-order chi connectivity index (χ1) is 5.99. The van der Waals surface area contributed by atoms with Crippen molar-refractivity contribution >= 4 is 9.52 Å². The molecule has 0 bridgehead atoms. The SMILES string of the molecule is COC(OC)[SiH2]CCC[N+](C)(C)C.[I-]. The first kappa shape index (κ1) is 17.2. The van der Waals surface area contributed by atoms with Gasteiger partial charge in [0.05, 0.1) is 37.2 Å². The molecule has 0 aromatic heterocycles. The summed E-state index contributed by atoms with van der Waals surface area (Å²) in [5.74, 6) is 0.118. The minimum absolute atomic E-state index is 0. The van der Waals surface area contributed by atoms with E-state index in [9.17, 15) is 0 Å². The smallest absolute Gasteiger partial charge is 0.134 e. The average molecular weight is 333 g/mol. The van der Waals surface area contributed by atoms with Crippen LogP contribution < -0.4 is 24.0 Å². The van der Waals surface area contributed by atoms with Gasteiger partial charge < -0.3 is 37.9 Å². The quantitative estimate of drug-likeness (QED) is 0.165. The van der Waals surface area contributed by atoms with Gasteiger partial charge in [-0.1, -0.05) is 6.04 Å². The molecule has 0 spiro atoms. The molecule has 0 atom stereocenters. The third-order valence-electron chi connectivity index (χ3n) is 2.04. The maximum Gasteiger partial charge on any atom is 0.134 e. The van der Waals surface area contributed by atoms with Crippen molar-refractivity contribution in [2.75, 3.05) is 41.9 Å². The predicted octanol–water partition coefficient (Wildman–Crippen LogP) is -2.75. The number of halogens is 1. The van der Waals surface area contributed by atoms with Crippen LogP contribution in [0.5, 0.6) is 0 Å². The predicted molar refractivity (Wildman–Crippen MR) is 58.7 cm³/mol. The molecule has 0 aliphatic heterocycles. The summed E-state index contributed by atoms with van der Waals surface area (Å²) in [5.41, 5.74) is 0. The largest absolute Gasteiger partial charge is 1.00 e. The van der Waals surface area contributed by atoms with Gasteiger partial charge in [0.1, 0.15) is 5.91 Å².